The van der Waals surface area contributed by atoms with Crippen molar-refractivity contribution in [1.29, 1.82) is 0 Å². The average molecular weight is 700 g/mol. The molecule has 4 heteroatoms. The molecule has 2 heterocycles. The van der Waals surface area contributed by atoms with E-state index < -0.39 is 0 Å². The molecule has 9 rings (SSSR count). The summed E-state index contributed by atoms with van der Waals surface area (Å²) >= 11 is 0. The Morgan fingerprint density at radius 2 is 0.759 bits per heavy atom. The quantitative estimate of drug-likeness (QED) is 0.166. The molecule has 0 radical (unpaired) electrons. The molecule has 2 aliphatic rings. The van der Waals surface area contributed by atoms with E-state index in [1.165, 1.54) is 50.3 Å². The fourth-order valence-electron chi connectivity index (χ4n) is 8.37. The number of benzene rings is 7. The Hall–Kier alpha value is -6.00. The molecule has 264 valence electrons. The van der Waals surface area contributed by atoms with Crippen molar-refractivity contribution in [2.75, 3.05) is 14.7 Å². The van der Waals surface area contributed by atoms with Gasteiger partial charge in [0.15, 0.2) is 0 Å². The maximum absolute atomic E-state index is 2.51. The molecule has 0 unspecified atom stereocenters. The van der Waals surface area contributed by atoms with E-state index in [0.717, 1.165) is 28.4 Å². The standard InChI is InChI=1S/C50H46BN3/c1-49(2,3)35-27-29-44-42(31-35)51-43-32-36(50(4,5)6)28-30-45(43)54(40-25-17-10-18-26-40)47-34-41(33-46(48(47)51)53(44)39-23-15-9-16-24-39)52(37-19-11-7-12-20-37)38-21-13-8-14-22-38/h7-34H,1-6H3. The second kappa shape index (κ2) is 12.8. The summed E-state index contributed by atoms with van der Waals surface area (Å²) in [5, 5.41) is 0. The van der Waals surface area contributed by atoms with E-state index in [1.807, 2.05) is 0 Å². The lowest BCUT2D eigenvalue weighted by Crippen LogP contribution is -2.61. The molecular weight excluding hydrogens is 653 g/mol. The number of hydrogen-bond donors (Lipinski definition) is 0. The minimum absolute atomic E-state index is 0.00767. The summed E-state index contributed by atoms with van der Waals surface area (Å²) in [5.41, 5.74) is 17.1. The fourth-order valence-corrected chi connectivity index (χ4v) is 8.37. The zero-order valence-corrected chi connectivity index (χ0v) is 32.1. The zero-order valence-electron chi connectivity index (χ0n) is 32.1. The van der Waals surface area contributed by atoms with Gasteiger partial charge in [-0.2, -0.15) is 0 Å². The van der Waals surface area contributed by atoms with Gasteiger partial charge in [0, 0.05) is 45.5 Å². The maximum atomic E-state index is 2.51. The van der Waals surface area contributed by atoms with Crippen molar-refractivity contribution in [3.63, 3.8) is 0 Å². The Morgan fingerprint density at radius 3 is 1.13 bits per heavy atom. The topological polar surface area (TPSA) is 9.72 Å². The second-order valence-electron chi connectivity index (χ2n) is 16.7. The summed E-state index contributed by atoms with van der Waals surface area (Å²) in [5.74, 6) is 0. The molecule has 0 bridgehead atoms. The lowest BCUT2D eigenvalue weighted by atomic mass is 9.33. The molecule has 0 aliphatic carbocycles. The summed E-state index contributed by atoms with van der Waals surface area (Å²) in [4.78, 5) is 7.42. The summed E-state index contributed by atoms with van der Waals surface area (Å²) in [7, 11) is 0. The molecule has 3 nitrogen and oxygen atoms in total. The van der Waals surface area contributed by atoms with Gasteiger partial charge in [-0.1, -0.05) is 139 Å². The second-order valence-corrected chi connectivity index (χ2v) is 16.7. The molecular formula is C50H46BN3. The third-order valence-corrected chi connectivity index (χ3v) is 11.1. The molecule has 0 spiro atoms. The number of nitrogens with zero attached hydrogens (tertiary/aromatic N) is 3. The number of hydrogen-bond acceptors (Lipinski definition) is 3. The molecule has 0 fully saturated rings. The Balaban J connectivity index is 1.43. The van der Waals surface area contributed by atoms with E-state index >= 15 is 0 Å². The first-order valence-corrected chi connectivity index (χ1v) is 19.2. The van der Waals surface area contributed by atoms with E-state index in [1.54, 1.807) is 0 Å². The minimum atomic E-state index is -0.00767. The van der Waals surface area contributed by atoms with Gasteiger partial charge < -0.3 is 14.7 Å². The van der Waals surface area contributed by atoms with Crippen molar-refractivity contribution in [1.82, 2.24) is 0 Å². The van der Waals surface area contributed by atoms with Crippen LogP contribution in [0.2, 0.25) is 0 Å². The van der Waals surface area contributed by atoms with Gasteiger partial charge in [-0.15, -0.1) is 0 Å². The fraction of sp³-hybridized carbons (Fsp3) is 0.160. The lowest BCUT2D eigenvalue weighted by molar-refractivity contribution is 0.590. The highest BCUT2D eigenvalue weighted by atomic mass is 15.2. The van der Waals surface area contributed by atoms with Crippen LogP contribution in [0.3, 0.4) is 0 Å². The van der Waals surface area contributed by atoms with Crippen molar-refractivity contribution in [3.8, 4) is 0 Å². The minimum Gasteiger partial charge on any atom is -0.311 e. The first-order valence-electron chi connectivity index (χ1n) is 19.2. The van der Waals surface area contributed by atoms with Gasteiger partial charge in [0.25, 0.3) is 6.71 Å². The van der Waals surface area contributed by atoms with E-state index in [9.17, 15) is 0 Å². The summed E-state index contributed by atoms with van der Waals surface area (Å²) in [6.45, 7) is 14.0. The van der Waals surface area contributed by atoms with Gasteiger partial charge in [-0.05, 0) is 111 Å². The number of fused-ring (bicyclic) bond motifs is 4. The van der Waals surface area contributed by atoms with Crippen LogP contribution in [0.1, 0.15) is 52.7 Å². The van der Waals surface area contributed by atoms with Crippen LogP contribution >= 0.6 is 0 Å². The predicted molar refractivity (Wildman–Crippen MR) is 233 cm³/mol. The molecule has 7 aromatic carbocycles. The van der Waals surface area contributed by atoms with Crippen molar-refractivity contribution in [2.45, 2.75) is 52.4 Å². The van der Waals surface area contributed by atoms with Gasteiger partial charge in [-0.25, -0.2) is 0 Å². The molecule has 54 heavy (non-hydrogen) atoms. The Bertz CT molecular complexity index is 2300. The highest BCUT2D eigenvalue weighted by Gasteiger charge is 2.44. The molecule has 0 aromatic heterocycles. The highest BCUT2D eigenvalue weighted by Crippen LogP contribution is 2.48. The van der Waals surface area contributed by atoms with Gasteiger partial charge >= 0.3 is 0 Å². The van der Waals surface area contributed by atoms with E-state index in [-0.39, 0.29) is 17.5 Å². The number of anilines is 9. The van der Waals surface area contributed by atoms with Crippen molar-refractivity contribution in [3.05, 3.63) is 181 Å². The molecule has 7 aromatic rings. The van der Waals surface area contributed by atoms with Crippen LogP contribution in [0, 0.1) is 0 Å². The van der Waals surface area contributed by atoms with Crippen LogP contribution in [0.4, 0.5) is 51.2 Å². The molecule has 0 amide bonds. The normalized spacial score (nSPS) is 13.3. The van der Waals surface area contributed by atoms with Gasteiger partial charge in [0.2, 0.25) is 0 Å². The smallest absolute Gasteiger partial charge is 0.252 e. The Morgan fingerprint density at radius 1 is 0.389 bits per heavy atom. The van der Waals surface area contributed by atoms with Crippen LogP contribution in [0.25, 0.3) is 0 Å². The zero-order chi connectivity index (χ0) is 37.2. The lowest BCUT2D eigenvalue weighted by Gasteiger charge is -2.45. The van der Waals surface area contributed by atoms with E-state index in [4.69, 9.17) is 0 Å². The predicted octanol–water partition coefficient (Wildman–Crippen LogP) is 11.8. The van der Waals surface area contributed by atoms with Gasteiger partial charge in [-0.3, -0.25) is 0 Å². The first-order chi connectivity index (χ1) is 26.1. The molecule has 0 saturated heterocycles. The Kier molecular flexibility index (Phi) is 8.04. The first kappa shape index (κ1) is 33.8. The number of rotatable bonds is 5. The van der Waals surface area contributed by atoms with Crippen molar-refractivity contribution < 1.29 is 0 Å². The molecule has 0 N–H and O–H groups in total. The average Bonchev–Trinajstić information content (AvgIpc) is 3.18. The van der Waals surface area contributed by atoms with Crippen LogP contribution in [-0.4, -0.2) is 6.71 Å². The van der Waals surface area contributed by atoms with Crippen LogP contribution in [-0.2, 0) is 10.8 Å². The van der Waals surface area contributed by atoms with Gasteiger partial charge in [0.05, 0.1) is 5.69 Å². The van der Waals surface area contributed by atoms with Gasteiger partial charge in [0.1, 0.15) is 0 Å². The molecule has 0 atom stereocenters. The highest BCUT2D eigenvalue weighted by molar-refractivity contribution is 7.00. The summed E-state index contributed by atoms with van der Waals surface area (Å²) in [6.07, 6.45) is 0. The molecule has 2 aliphatic heterocycles. The molecule has 0 saturated carbocycles. The maximum Gasteiger partial charge on any atom is 0.252 e. The van der Waals surface area contributed by atoms with E-state index in [2.05, 4.69) is 226 Å². The third-order valence-electron chi connectivity index (χ3n) is 11.1. The van der Waals surface area contributed by atoms with E-state index in [0.29, 0.717) is 0 Å². The van der Waals surface area contributed by atoms with Crippen LogP contribution in [0.5, 0.6) is 0 Å². The Labute approximate surface area is 321 Å². The van der Waals surface area contributed by atoms with Crippen molar-refractivity contribution in [2.24, 2.45) is 0 Å². The monoisotopic (exact) mass is 699 g/mol. The number of para-hydroxylation sites is 4. The SMILES string of the molecule is CC(C)(C)c1ccc2c(c1)B1c3cc(C(C)(C)C)ccc3N(c3ccccc3)c3cc(N(c4ccccc4)c4ccccc4)cc(c31)N2c1ccccc1. The largest absolute Gasteiger partial charge is 0.311 e. The summed E-state index contributed by atoms with van der Waals surface area (Å²) < 4.78 is 0. The van der Waals surface area contributed by atoms with Crippen LogP contribution in [0.15, 0.2) is 170 Å². The van der Waals surface area contributed by atoms with Crippen LogP contribution < -0.4 is 31.1 Å². The third kappa shape index (κ3) is 5.69. The van der Waals surface area contributed by atoms with Crippen molar-refractivity contribution >= 4 is 74.3 Å². The summed E-state index contributed by atoms with van der Waals surface area (Å²) in [6, 6.07) is 62.7.